The highest BCUT2D eigenvalue weighted by Gasteiger charge is 2.28. The molecule has 1 amide bonds. The average molecular weight is 425 g/mol. The van der Waals surface area contributed by atoms with Crippen molar-refractivity contribution in [2.75, 3.05) is 5.32 Å². The molecule has 0 radical (unpaired) electrons. The molecule has 3 aromatic heterocycles. The molecule has 0 spiro atoms. The number of aromatic nitrogens is 4. The fourth-order valence-corrected chi connectivity index (χ4v) is 4.28. The number of fused-ring (bicyclic) bond motifs is 1. The molecule has 1 aromatic carbocycles. The van der Waals surface area contributed by atoms with Crippen molar-refractivity contribution in [1.29, 1.82) is 0 Å². The maximum absolute atomic E-state index is 14.0. The van der Waals surface area contributed by atoms with Crippen LogP contribution >= 0.6 is 11.3 Å². The van der Waals surface area contributed by atoms with Crippen LogP contribution in [0, 0.1) is 18.6 Å². The summed E-state index contributed by atoms with van der Waals surface area (Å²) in [6.07, 6.45) is 2.11. The van der Waals surface area contributed by atoms with Gasteiger partial charge in [0.25, 0.3) is 5.91 Å². The van der Waals surface area contributed by atoms with Crippen molar-refractivity contribution in [3.8, 4) is 11.3 Å². The molecule has 1 fully saturated rings. The van der Waals surface area contributed by atoms with Crippen LogP contribution in [0.4, 0.5) is 13.9 Å². The van der Waals surface area contributed by atoms with Gasteiger partial charge in [-0.1, -0.05) is 6.07 Å². The van der Waals surface area contributed by atoms with E-state index in [2.05, 4.69) is 15.4 Å². The lowest BCUT2D eigenvalue weighted by molar-refractivity contribution is 0.102. The summed E-state index contributed by atoms with van der Waals surface area (Å²) in [5.74, 6) is -1.38. The minimum atomic E-state index is -0.700. The van der Waals surface area contributed by atoms with Crippen molar-refractivity contribution in [1.82, 2.24) is 19.7 Å². The minimum absolute atomic E-state index is 0.141. The van der Waals surface area contributed by atoms with E-state index >= 15 is 0 Å². The van der Waals surface area contributed by atoms with Gasteiger partial charge in [0.1, 0.15) is 11.6 Å². The van der Waals surface area contributed by atoms with Crippen LogP contribution in [0.25, 0.3) is 22.3 Å². The Balaban J connectivity index is 1.51. The number of carbonyl (C=O) groups excluding carboxylic acids is 1. The molecule has 3 heterocycles. The Morgan fingerprint density at radius 3 is 2.67 bits per heavy atom. The van der Waals surface area contributed by atoms with Crippen LogP contribution in [-0.4, -0.2) is 25.7 Å². The van der Waals surface area contributed by atoms with Crippen LogP contribution in [0.5, 0.6) is 0 Å². The van der Waals surface area contributed by atoms with Gasteiger partial charge in [-0.2, -0.15) is 5.10 Å². The minimum Gasteiger partial charge on any atom is -0.298 e. The normalized spacial score (nSPS) is 13.7. The van der Waals surface area contributed by atoms with Crippen LogP contribution in [0.3, 0.4) is 0 Å². The summed E-state index contributed by atoms with van der Waals surface area (Å²) in [6.45, 7) is 1.83. The van der Waals surface area contributed by atoms with Gasteiger partial charge in [0.05, 0.1) is 27.9 Å². The first kappa shape index (κ1) is 18.8. The fraction of sp³-hybridized carbons (Fsp3) is 0.238. The molecule has 1 aliphatic rings. The molecular formula is C21H17F2N5OS. The summed E-state index contributed by atoms with van der Waals surface area (Å²) in [7, 11) is 1.80. The molecule has 0 saturated heterocycles. The van der Waals surface area contributed by atoms with Crippen LogP contribution in [0.1, 0.15) is 40.5 Å². The van der Waals surface area contributed by atoms with Gasteiger partial charge in [0, 0.05) is 24.0 Å². The van der Waals surface area contributed by atoms with Gasteiger partial charge in [0.2, 0.25) is 0 Å². The molecule has 30 heavy (non-hydrogen) atoms. The van der Waals surface area contributed by atoms with Crippen molar-refractivity contribution in [3.63, 3.8) is 0 Å². The van der Waals surface area contributed by atoms with Crippen molar-refractivity contribution < 1.29 is 13.6 Å². The first-order valence-corrected chi connectivity index (χ1v) is 10.4. The second kappa shape index (κ2) is 6.94. The molecule has 0 aliphatic heterocycles. The number of carbonyl (C=O) groups is 1. The molecule has 152 valence electrons. The zero-order chi connectivity index (χ0) is 21.0. The second-order valence-corrected chi connectivity index (χ2v) is 8.22. The Kier molecular flexibility index (Phi) is 4.35. The fourth-order valence-electron chi connectivity index (χ4n) is 3.58. The van der Waals surface area contributed by atoms with Crippen molar-refractivity contribution in [2.45, 2.75) is 25.7 Å². The maximum Gasteiger partial charge on any atom is 0.258 e. The molecule has 1 aliphatic carbocycles. The van der Waals surface area contributed by atoms with E-state index in [0.29, 0.717) is 28.2 Å². The zero-order valence-corrected chi connectivity index (χ0v) is 17.1. The van der Waals surface area contributed by atoms with E-state index in [1.165, 1.54) is 23.6 Å². The highest BCUT2D eigenvalue weighted by Crippen LogP contribution is 2.40. The topological polar surface area (TPSA) is 72.7 Å². The van der Waals surface area contributed by atoms with E-state index in [0.717, 1.165) is 29.9 Å². The molecule has 1 saturated carbocycles. The molecule has 0 bridgehead atoms. The van der Waals surface area contributed by atoms with Gasteiger partial charge in [-0.15, -0.1) is 11.3 Å². The number of benzene rings is 1. The molecule has 5 rings (SSSR count). The van der Waals surface area contributed by atoms with Crippen LogP contribution in [-0.2, 0) is 7.05 Å². The smallest absolute Gasteiger partial charge is 0.258 e. The number of halogens is 2. The monoisotopic (exact) mass is 425 g/mol. The molecule has 6 nitrogen and oxygen atoms in total. The molecule has 1 N–H and O–H groups in total. The van der Waals surface area contributed by atoms with Gasteiger partial charge in [-0.25, -0.2) is 18.7 Å². The van der Waals surface area contributed by atoms with Crippen molar-refractivity contribution >= 4 is 33.4 Å². The predicted octanol–water partition coefficient (Wildman–Crippen LogP) is 4.81. The Hall–Kier alpha value is -3.20. The van der Waals surface area contributed by atoms with Crippen LogP contribution in [0.2, 0.25) is 0 Å². The second-order valence-electron chi connectivity index (χ2n) is 7.37. The quantitative estimate of drug-likeness (QED) is 0.509. The Labute approximate surface area is 174 Å². The first-order chi connectivity index (χ1) is 14.4. The molecular weight excluding hydrogens is 408 g/mol. The molecule has 0 atom stereocenters. The van der Waals surface area contributed by atoms with Crippen LogP contribution < -0.4 is 5.32 Å². The van der Waals surface area contributed by atoms with Gasteiger partial charge >= 0.3 is 0 Å². The number of anilines is 1. The van der Waals surface area contributed by atoms with E-state index in [-0.39, 0.29) is 22.3 Å². The van der Waals surface area contributed by atoms with E-state index < -0.39 is 11.6 Å². The number of pyridine rings is 1. The summed E-state index contributed by atoms with van der Waals surface area (Å²) < 4.78 is 29.8. The number of aryl methyl sites for hydroxylation is 2. The van der Waals surface area contributed by atoms with Gasteiger partial charge in [-0.05, 0) is 38.0 Å². The SMILES string of the molecule is Cc1nn(C)c2nc(C3CC3)cc(C(=O)Nc3nc(-c4c(F)cccc4F)cs3)c12. The standard InChI is InChI=1S/C21H17F2N5OS/c1-10-17-12(8-15(11-6-7-11)24-19(17)28(2)27-10)20(29)26-21-25-16(9-30-21)18-13(22)4-3-5-14(18)23/h3-5,8-9,11H,6-7H2,1-2H3,(H,25,26,29). The van der Waals surface area contributed by atoms with Crippen LogP contribution in [0.15, 0.2) is 29.6 Å². The number of hydrogen-bond donors (Lipinski definition) is 1. The third kappa shape index (κ3) is 3.15. The number of thiazole rings is 1. The maximum atomic E-state index is 14.0. The summed E-state index contributed by atoms with van der Waals surface area (Å²) in [5, 5.41) is 9.63. The highest BCUT2D eigenvalue weighted by molar-refractivity contribution is 7.14. The number of nitrogens with one attached hydrogen (secondary N) is 1. The summed E-state index contributed by atoms with van der Waals surface area (Å²) in [5.41, 5.74) is 2.66. The lowest BCUT2D eigenvalue weighted by Gasteiger charge is -2.07. The Bertz CT molecular complexity index is 1290. The lowest BCUT2D eigenvalue weighted by Crippen LogP contribution is -2.13. The number of hydrogen-bond acceptors (Lipinski definition) is 5. The van der Waals surface area contributed by atoms with E-state index in [1.54, 1.807) is 11.7 Å². The van der Waals surface area contributed by atoms with Gasteiger partial charge in [0.15, 0.2) is 10.8 Å². The average Bonchev–Trinajstić information content (AvgIpc) is 3.40. The number of amides is 1. The van der Waals surface area contributed by atoms with Gasteiger partial charge < -0.3 is 0 Å². The van der Waals surface area contributed by atoms with Crippen molar-refractivity contribution in [2.24, 2.45) is 7.05 Å². The molecule has 9 heteroatoms. The Morgan fingerprint density at radius 2 is 1.97 bits per heavy atom. The lowest BCUT2D eigenvalue weighted by atomic mass is 10.1. The Morgan fingerprint density at radius 1 is 1.23 bits per heavy atom. The zero-order valence-electron chi connectivity index (χ0n) is 16.2. The number of nitrogens with zero attached hydrogens (tertiary/aromatic N) is 4. The van der Waals surface area contributed by atoms with E-state index in [4.69, 9.17) is 4.98 Å². The summed E-state index contributed by atoms with van der Waals surface area (Å²) in [6, 6.07) is 5.46. The third-order valence-electron chi connectivity index (χ3n) is 5.17. The van der Waals surface area contributed by atoms with Gasteiger partial charge in [-0.3, -0.25) is 14.8 Å². The van der Waals surface area contributed by atoms with E-state index in [9.17, 15) is 13.6 Å². The molecule has 4 aromatic rings. The van der Waals surface area contributed by atoms with E-state index in [1.807, 2.05) is 13.0 Å². The summed E-state index contributed by atoms with van der Waals surface area (Å²) >= 11 is 1.11. The number of rotatable bonds is 4. The third-order valence-corrected chi connectivity index (χ3v) is 5.93. The predicted molar refractivity (Wildman–Crippen MR) is 111 cm³/mol. The first-order valence-electron chi connectivity index (χ1n) is 9.48. The largest absolute Gasteiger partial charge is 0.298 e. The van der Waals surface area contributed by atoms with Crippen molar-refractivity contribution in [3.05, 3.63) is 58.2 Å². The summed E-state index contributed by atoms with van der Waals surface area (Å²) in [4.78, 5) is 22.0. The highest BCUT2D eigenvalue weighted by atomic mass is 32.1. The molecule has 0 unspecified atom stereocenters.